The molecule has 0 spiro atoms. The fraction of sp³-hybridized carbons (Fsp3) is 0.474. The lowest BCUT2D eigenvalue weighted by Gasteiger charge is -2.30. The number of ether oxygens (including phenoxy) is 2. The van der Waals surface area contributed by atoms with Crippen LogP contribution < -0.4 is 20.9 Å². The summed E-state index contributed by atoms with van der Waals surface area (Å²) in [5.41, 5.74) is 3.44. The Hall–Kier alpha value is -5.20. The van der Waals surface area contributed by atoms with Crippen molar-refractivity contribution < 1.29 is 23.9 Å². The SMILES string of the molecule is CC(C)(C)OC(=O)NC1CCC(Nc2nc(N3CCc4cc(NC(=O)CCc5ccccc5)ccc43)c3ncn(C(=O)OC(C)(C)C)c3n2)CC1. The first-order valence-electron chi connectivity index (χ1n) is 17.7. The minimum atomic E-state index is -0.709. The Labute approximate surface area is 298 Å². The average Bonchev–Trinajstić information content (AvgIpc) is 3.68. The number of hydrogen-bond acceptors (Lipinski definition) is 10. The molecule has 3 heterocycles. The van der Waals surface area contributed by atoms with Gasteiger partial charge in [0.15, 0.2) is 17.0 Å². The second-order valence-electron chi connectivity index (χ2n) is 15.3. The molecule has 0 unspecified atom stereocenters. The van der Waals surface area contributed by atoms with Gasteiger partial charge in [-0.15, -0.1) is 0 Å². The normalized spacial score (nSPS) is 17.5. The maximum absolute atomic E-state index is 13.3. The van der Waals surface area contributed by atoms with Crippen molar-refractivity contribution in [3.8, 4) is 0 Å². The molecular weight excluding hydrogens is 648 g/mol. The number of amides is 2. The van der Waals surface area contributed by atoms with Crippen LogP contribution in [-0.2, 0) is 27.1 Å². The molecule has 3 N–H and O–H groups in total. The molecule has 2 aromatic carbocycles. The molecular formula is C38H48N8O5. The molecule has 0 saturated heterocycles. The highest BCUT2D eigenvalue weighted by Crippen LogP contribution is 2.38. The highest BCUT2D eigenvalue weighted by molar-refractivity contribution is 5.94. The predicted octanol–water partition coefficient (Wildman–Crippen LogP) is 7.12. The molecule has 0 radical (unpaired) electrons. The number of benzene rings is 2. The summed E-state index contributed by atoms with van der Waals surface area (Å²) in [5, 5.41) is 9.53. The summed E-state index contributed by atoms with van der Waals surface area (Å²) in [6, 6.07) is 15.9. The molecule has 6 rings (SSSR count). The van der Waals surface area contributed by atoms with Gasteiger partial charge in [-0.1, -0.05) is 30.3 Å². The number of hydrogen-bond donors (Lipinski definition) is 3. The average molecular weight is 697 g/mol. The fourth-order valence-corrected chi connectivity index (χ4v) is 6.45. The van der Waals surface area contributed by atoms with E-state index in [1.165, 1.54) is 10.9 Å². The van der Waals surface area contributed by atoms with Gasteiger partial charge in [-0.2, -0.15) is 9.97 Å². The fourth-order valence-electron chi connectivity index (χ4n) is 6.45. The van der Waals surface area contributed by atoms with Crippen molar-refractivity contribution in [1.29, 1.82) is 0 Å². The van der Waals surface area contributed by atoms with Crippen LogP contribution >= 0.6 is 0 Å². The number of aromatic nitrogens is 4. The molecule has 1 saturated carbocycles. The van der Waals surface area contributed by atoms with Crippen molar-refractivity contribution in [1.82, 2.24) is 24.8 Å². The van der Waals surface area contributed by atoms with E-state index in [0.29, 0.717) is 42.3 Å². The second kappa shape index (κ2) is 14.6. The summed E-state index contributed by atoms with van der Waals surface area (Å²) in [4.78, 5) is 54.8. The van der Waals surface area contributed by atoms with Crippen LogP contribution in [0.25, 0.3) is 11.2 Å². The number of alkyl carbamates (subject to hydrolysis) is 1. The summed E-state index contributed by atoms with van der Waals surface area (Å²) in [6.45, 7) is 11.6. The van der Waals surface area contributed by atoms with Crippen LogP contribution in [0.3, 0.4) is 0 Å². The Morgan fingerprint density at radius 3 is 2.29 bits per heavy atom. The van der Waals surface area contributed by atoms with Gasteiger partial charge in [0, 0.05) is 36.4 Å². The van der Waals surface area contributed by atoms with Crippen molar-refractivity contribution in [2.75, 3.05) is 22.1 Å². The van der Waals surface area contributed by atoms with Gasteiger partial charge in [-0.25, -0.2) is 19.1 Å². The van der Waals surface area contributed by atoms with Crippen molar-refractivity contribution in [2.24, 2.45) is 0 Å². The maximum Gasteiger partial charge on any atom is 0.421 e. The number of anilines is 4. The third-order valence-electron chi connectivity index (χ3n) is 8.75. The highest BCUT2D eigenvalue weighted by atomic mass is 16.6. The molecule has 1 aliphatic carbocycles. The summed E-state index contributed by atoms with van der Waals surface area (Å²) in [7, 11) is 0. The quantitative estimate of drug-likeness (QED) is 0.174. The van der Waals surface area contributed by atoms with E-state index in [-0.39, 0.29) is 18.0 Å². The predicted molar refractivity (Wildman–Crippen MR) is 197 cm³/mol. The maximum atomic E-state index is 13.3. The first kappa shape index (κ1) is 35.6. The summed E-state index contributed by atoms with van der Waals surface area (Å²) < 4.78 is 12.4. The number of carbonyl (C=O) groups excluding carboxylic acids is 3. The van der Waals surface area contributed by atoms with Crippen LogP contribution in [0.1, 0.15) is 84.8 Å². The topological polar surface area (TPSA) is 153 Å². The number of aryl methyl sites for hydroxylation is 1. The van der Waals surface area contributed by atoms with Gasteiger partial charge in [0.1, 0.15) is 17.5 Å². The third kappa shape index (κ3) is 9.13. The van der Waals surface area contributed by atoms with E-state index in [2.05, 4.69) is 25.8 Å². The van der Waals surface area contributed by atoms with Crippen LogP contribution in [0.4, 0.5) is 32.7 Å². The van der Waals surface area contributed by atoms with E-state index in [1.807, 2.05) is 90.1 Å². The summed E-state index contributed by atoms with van der Waals surface area (Å²) in [6.07, 6.45) is 5.36. The number of carbonyl (C=O) groups is 3. The minimum Gasteiger partial charge on any atom is -0.444 e. The van der Waals surface area contributed by atoms with Gasteiger partial charge >= 0.3 is 12.2 Å². The monoisotopic (exact) mass is 696 g/mol. The van der Waals surface area contributed by atoms with Gasteiger partial charge in [-0.3, -0.25) is 4.79 Å². The zero-order valence-electron chi connectivity index (χ0n) is 30.3. The molecule has 1 fully saturated rings. The van der Waals surface area contributed by atoms with Gasteiger partial charge < -0.3 is 30.3 Å². The van der Waals surface area contributed by atoms with E-state index in [9.17, 15) is 14.4 Å². The number of nitrogens with one attached hydrogen (secondary N) is 3. The van der Waals surface area contributed by atoms with Crippen molar-refractivity contribution in [3.63, 3.8) is 0 Å². The van der Waals surface area contributed by atoms with Crippen molar-refractivity contribution >= 4 is 52.4 Å². The van der Waals surface area contributed by atoms with Crippen LogP contribution in [0.2, 0.25) is 0 Å². The van der Waals surface area contributed by atoms with Crippen LogP contribution in [0, 0.1) is 0 Å². The van der Waals surface area contributed by atoms with E-state index in [4.69, 9.17) is 19.4 Å². The highest BCUT2D eigenvalue weighted by Gasteiger charge is 2.30. The lowest BCUT2D eigenvalue weighted by Crippen LogP contribution is -2.42. The van der Waals surface area contributed by atoms with E-state index in [0.717, 1.165) is 54.6 Å². The Bertz CT molecular complexity index is 1890. The van der Waals surface area contributed by atoms with E-state index >= 15 is 0 Å². The Morgan fingerprint density at radius 2 is 1.59 bits per heavy atom. The Balaban J connectivity index is 1.21. The first-order chi connectivity index (χ1) is 24.2. The van der Waals surface area contributed by atoms with E-state index < -0.39 is 23.4 Å². The lowest BCUT2D eigenvalue weighted by molar-refractivity contribution is -0.116. The van der Waals surface area contributed by atoms with Gasteiger partial charge in [0.2, 0.25) is 11.9 Å². The van der Waals surface area contributed by atoms with Gasteiger partial charge in [-0.05, 0) is 109 Å². The molecule has 0 atom stereocenters. The molecule has 1 aliphatic heterocycles. The summed E-state index contributed by atoms with van der Waals surface area (Å²) in [5.74, 6) is 0.912. The Morgan fingerprint density at radius 1 is 0.882 bits per heavy atom. The van der Waals surface area contributed by atoms with E-state index in [1.54, 1.807) is 0 Å². The number of imidazole rings is 1. The molecule has 2 aromatic heterocycles. The standard InChI is InChI=1S/C38H48N8O5/c1-37(2,3)50-35(48)42-27-15-13-26(14-16-27)41-34-43-32(31-33(44-34)46(23-39-31)36(49)51-38(4,5)6)45-21-20-25-22-28(17-18-29(25)45)40-30(47)19-12-24-10-8-7-9-11-24/h7-11,17-18,22-23,26-27H,12-16,19-21H2,1-6H3,(H,40,47)(H,42,48)(H,41,43,44). The molecule has 2 aliphatic rings. The number of fused-ring (bicyclic) bond motifs is 2. The minimum absolute atomic E-state index is 0.0186. The van der Waals surface area contributed by atoms with Gasteiger partial charge in [0.25, 0.3) is 0 Å². The zero-order chi connectivity index (χ0) is 36.3. The number of rotatable bonds is 8. The molecule has 4 aromatic rings. The number of nitrogens with zero attached hydrogens (tertiary/aromatic N) is 5. The smallest absolute Gasteiger partial charge is 0.421 e. The lowest BCUT2D eigenvalue weighted by atomic mass is 9.91. The molecule has 0 bridgehead atoms. The molecule has 270 valence electrons. The third-order valence-corrected chi connectivity index (χ3v) is 8.75. The second-order valence-corrected chi connectivity index (χ2v) is 15.3. The zero-order valence-corrected chi connectivity index (χ0v) is 30.3. The first-order valence-corrected chi connectivity index (χ1v) is 17.7. The Kier molecular flexibility index (Phi) is 10.2. The largest absolute Gasteiger partial charge is 0.444 e. The van der Waals surface area contributed by atoms with Crippen LogP contribution in [-0.4, -0.2) is 67.4 Å². The molecule has 51 heavy (non-hydrogen) atoms. The van der Waals surface area contributed by atoms with Crippen LogP contribution in [0.5, 0.6) is 0 Å². The van der Waals surface area contributed by atoms with Crippen molar-refractivity contribution in [3.05, 3.63) is 66.0 Å². The van der Waals surface area contributed by atoms with Crippen LogP contribution in [0.15, 0.2) is 54.9 Å². The summed E-state index contributed by atoms with van der Waals surface area (Å²) >= 11 is 0. The molecule has 2 amide bonds. The van der Waals surface area contributed by atoms with Gasteiger partial charge in [0.05, 0.1) is 0 Å². The molecule has 13 heteroatoms. The molecule has 13 nitrogen and oxygen atoms in total. The van der Waals surface area contributed by atoms with Crippen molar-refractivity contribution in [2.45, 2.75) is 110 Å².